The number of thioether (sulfide) groups is 1. The van der Waals surface area contributed by atoms with Crippen LogP contribution in [-0.4, -0.2) is 39.9 Å². The van der Waals surface area contributed by atoms with Crippen molar-refractivity contribution in [3.8, 4) is 0 Å². The van der Waals surface area contributed by atoms with E-state index in [2.05, 4.69) is 0 Å². The van der Waals surface area contributed by atoms with Crippen LogP contribution in [-0.2, 0) is 0 Å². The molecule has 1 saturated heterocycles. The summed E-state index contributed by atoms with van der Waals surface area (Å²) in [7, 11) is 0. The lowest BCUT2D eigenvalue weighted by Crippen LogP contribution is -2.40. The number of benzene rings is 1. The summed E-state index contributed by atoms with van der Waals surface area (Å²) in [5.41, 5.74) is 1.07. The number of carbonyl (C=O) groups excluding carboxylic acids is 1. The number of carbonyl (C=O) groups is 2. The van der Waals surface area contributed by atoms with Crippen molar-refractivity contribution in [2.75, 3.05) is 18.1 Å². The summed E-state index contributed by atoms with van der Waals surface area (Å²) >= 11 is 1.81. The Morgan fingerprint density at radius 3 is 2.73 bits per heavy atom. The molecule has 1 unspecified atom stereocenters. The Labute approximate surface area is 131 Å². The third-order valence-corrected chi connectivity index (χ3v) is 4.65. The van der Waals surface area contributed by atoms with E-state index in [0.717, 1.165) is 23.3 Å². The molecule has 1 N–H and O–H groups in total. The maximum absolute atomic E-state index is 12.6. The molecule has 0 radical (unpaired) electrons. The number of rotatable bonds is 3. The molecule has 3 rings (SSSR count). The van der Waals surface area contributed by atoms with E-state index in [1.54, 1.807) is 16.7 Å². The zero-order valence-electron chi connectivity index (χ0n) is 11.8. The topological polar surface area (TPSA) is 70.7 Å². The highest BCUT2D eigenvalue weighted by Crippen LogP contribution is 2.31. The molecule has 2 aromatic rings. The first-order chi connectivity index (χ1) is 10.7. The maximum Gasteiger partial charge on any atom is 0.338 e. The molecule has 0 bridgehead atoms. The summed E-state index contributed by atoms with van der Waals surface area (Å²) in [5.74, 6) is 0.396. The van der Waals surface area contributed by atoms with Gasteiger partial charge in [-0.1, -0.05) is 30.3 Å². The Morgan fingerprint density at radius 1 is 1.27 bits per heavy atom. The third kappa shape index (κ3) is 2.87. The summed E-state index contributed by atoms with van der Waals surface area (Å²) in [6.45, 7) is 0.617. The predicted molar refractivity (Wildman–Crippen MR) is 83.2 cm³/mol. The van der Waals surface area contributed by atoms with Crippen LogP contribution in [0.25, 0.3) is 0 Å². The van der Waals surface area contributed by atoms with Gasteiger partial charge in [-0.2, -0.15) is 11.8 Å². The molecule has 1 amide bonds. The normalized spacial score (nSPS) is 18.2. The van der Waals surface area contributed by atoms with Crippen molar-refractivity contribution in [3.05, 3.63) is 59.5 Å². The number of hydrogen-bond acceptors (Lipinski definition) is 4. The second-order valence-electron chi connectivity index (χ2n) is 5.00. The number of amides is 1. The van der Waals surface area contributed by atoms with Gasteiger partial charge in [-0.15, -0.1) is 0 Å². The van der Waals surface area contributed by atoms with E-state index in [9.17, 15) is 9.59 Å². The largest absolute Gasteiger partial charge is 0.478 e. The Balaban J connectivity index is 1.86. The molecule has 5 nitrogen and oxygen atoms in total. The average Bonchev–Trinajstić information content (AvgIpc) is 3.05. The molecule has 0 saturated carbocycles. The molecular weight excluding hydrogens is 302 g/mol. The smallest absolute Gasteiger partial charge is 0.338 e. The Kier molecular flexibility index (Phi) is 4.20. The number of carboxylic acid groups (broad SMARTS) is 1. The highest BCUT2D eigenvalue weighted by molar-refractivity contribution is 7.99. The van der Waals surface area contributed by atoms with Crippen LogP contribution in [0.5, 0.6) is 0 Å². The molecule has 2 heterocycles. The van der Waals surface area contributed by atoms with E-state index < -0.39 is 5.97 Å². The summed E-state index contributed by atoms with van der Waals surface area (Å²) in [5, 5.41) is 8.93. The van der Waals surface area contributed by atoms with E-state index in [1.165, 1.54) is 6.07 Å². The van der Waals surface area contributed by atoms with E-state index in [-0.39, 0.29) is 23.3 Å². The average molecular weight is 317 g/mol. The number of furan rings is 1. The standard InChI is InChI=1S/C16H15NO4S/c18-15(14-8-12(9-21-14)16(19)20)17-6-7-22-10-13(17)11-4-2-1-3-5-11/h1-5,8-9,13H,6-7,10H2,(H,19,20). The first-order valence-corrected chi connectivity index (χ1v) is 8.08. The van der Waals surface area contributed by atoms with E-state index in [1.807, 2.05) is 30.3 Å². The summed E-state index contributed by atoms with van der Waals surface area (Å²) < 4.78 is 5.15. The molecule has 1 aromatic heterocycles. The van der Waals surface area contributed by atoms with E-state index in [4.69, 9.17) is 9.52 Å². The highest BCUT2D eigenvalue weighted by atomic mass is 32.2. The Morgan fingerprint density at radius 2 is 2.05 bits per heavy atom. The van der Waals surface area contributed by atoms with Crippen molar-refractivity contribution >= 4 is 23.6 Å². The highest BCUT2D eigenvalue weighted by Gasteiger charge is 2.30. The number of hydrogen-bond donors (Lipinski definition) is 1. The molecule has 22 heavy (non-hydrogen) atoms. The number of carboxylic acids is 1. The van der Waals surface area contributed by atoms with Gasteiger partial charge in [0.25, 0.3) is 5.91 Å². The third-order valence-electron chi connectivity index (χ3n) is 3.63. The summed E-state index contributed by atoms with van der Waals surface area (Å²) in [4.78, 5) is 25.3. The van der Waals surface area contributed by atoms with Gasteiger partial charge in [-0.05, 0) is 5.56 Å². The molecule has 0 aliphatic carbocycles. The SMILES string of the molecule is O=C(O)c1coc(C(=O)N2CCSCC2c2ccccc2)c1. The van der Waals surface area contributed by atoms with E-state index in [0.29, 0.717) is 6.54 Å². The van der Waals surface area contributed by atoms with Crippen molar-refractivity contribution in [3.63, 3.8) is 0 Å². The first kappa shape index (κ1) is 14.7. The van der Waals surface area contributed by atoms with Crippen molar-refractivity contribution < 1.29 is 19.1 Å². The fourth-order valence-electron chi connectivity index (χ4n) is 2.50. The van der Waals surface area contributed by atoms with Gasteiger partial charge in [-0.25, -0.2) is 4.79 Å². The van der Waals surface area contributed by atoms with Crippen LogP contribution in [0, 0.1) is 0 Å². The molecule has 114 valence electrons. The van der Waals surface area contributed by atoms with Gasteiger partial charge in [0.15, 0.2) is 5.76 Å². The van der Waals surface area contributed by atoms with Crippen LogP contribution in [0.3, 0.4) is 0 Å². The van der Waals surface area contributed by atoms with Crippen LogP contribution in [0.15, 0.2) is 47.1 Å². The van der Waals surface area contributed by atoms with Gasteiger partial charge in [0, 0.05) is 24.1 Å². The van der Waals surface area contributed by atoms with Crippen molar-refractivity contribution in [2.24, 2.45) is 0 Å². The Bertz CT molecular complexity index is 682. The lowest BCUT2D eigenvalue weighted by Gasteiger charge is -2.35. The molecule has 1 aliphatic rings. The fourth-order valence-corrected chi connectivity index (χ4v) is 3.59. The van der Waals surface area contributed by atoms with Crippen LogP contribution >= 0.6 is 11.8 Å². The van der Waals surface area contributed by atoms with Gasteiger partial charge in [-0.3, -0.25) is 4.79 Å². The quantitative estimate of drug-likeness (QED) is 0.942. The monoisotopic (exact) mass is 317 g/mol. The first-order valence-electron chi connectivity index (χ1n) is 6.92. The van der Waals surface area contributed by atoms with Crippen LogP contribution < -0.4 is 0 Å². The van der Waals surface area contributed by atoms with Gasteiger partial charge in [0.05, 0.1) is 11.6 Å². The second kappa shape index (κ2) is 6.27. The molecule has 1 fully saturated rings. The molecule has 1 aliphatic heterocycles. The minimum absolute atomic E-state index is 0.00834. The van der Waals surface area contributed by atoms with Gasteiger partial charge < -0.3 is 14.4 Å². The van der Waals surface area contributed by atoms with Crippen LogP contribution in [0.4, 0.5) is 0 Å². The zero-order valence-corrected chi connectivity index (χ0v) is 12.6. The van der Waals surface area contributed by atoms with Gasteiger partial charge in [0.2, 0.25) is 0 Å². The second-order valence-corrected chi connectivity index (χ2v) is 6.15. The maximum atomic E-state index is 12.6. The molecule has 1 aromatic carbocycles. The van der Waals surface area contributed by atoms with Crippen LogP contribution in [0.1, 0.15) is 32.5 Å². The predicted octanol–water partition coefficient (Wildman–Crippen LogP) is 2.91. The number of aromatic carboxylic acids is 1. The number of nitrogens with zero attached hydrogens (tertiary/aromatic N) is 1. The summed E-state index contributed by atoms with van der Waals surface area (Å²) in [6.07, 6.45) is 1.10. The van der Waals surface area contributed by atoms with Gasteiger partial charge in [0.1, 0.15) is 6.26 Å². The molecule has 1 atom stereocenters. The van der Waals surface area contributed by atoms with E-state index >= 15 is 0 Å². The fraction of sp³-hybridized carbons (Fsp3) is 0.250. The van der Waals surface area contributed by atoms with Gasteiger partial charge >= 0.3 is 5.97 Å². The van der Waals surface area contributed by atoms with Crippen LogP contribution in [0.2, 0.25) is 0 Å². The molecule has 0 spiro atoms. The lowest BCUT2D eigenvalue weighted by molar-refractivity contribution is 0.0666. The lowest BCUT2D eigenvalue weighted by atomic mass is 10.1. The zero-order chi connectivity index (χ0) is 15.5. The minimum atomic E-state index is -1.10. The van der Waals surface area contributed by atoms with Crippen molar-refractivity contribution in [2.45, 2.75) is 6.04 Å². The van der Waals surface area contributed by atoms with Crippen molar-refractivity contribution in [1.82, 2.24) is 4.90 Å². The summed E-state index contributed by atoms with van der Waals surface area (Å²) in [6, 6.07) is 11.1. The minimum Gasteiger partial charge on any atom is -0.478 e. The molecular formula is C16H15NO4S. The molecule has 6 heteroatoms. The van der Waals surface area contributed by atoms with Crippen molar-refractivity contribution in [1.29, 1.82) is 0 Å². The Hall–Kier alpha value is -2.21.